The topological polar surface area (TPSA) is 12.5 Å². The summed E-state index contributed by atoms with van der Waals surface area (Å²) in [5.41, 5.74) is 1.36. The monoisotopic (exact) mass is 171 g/mol. The summed E-state index contributed by atoms with van der Waals surface area (Å²) in [6.45, 7) is 10.3. The highest BCUT2D eigenvalue weighted by Crippen LogP contribution is 2.03. The van der Waals surface area contributed by atoms with E-state index in [4.69, 9.17) is 4.74 Å². The second-order valence-electron chi connectivity index (χ2n) is 3.31. The van der Waals surface area contributed by atoms with E-state index in [9.17, 15) is 0 Å². The van der Waals surface area contributed by atoms with Gasteiger partial charge in [0.1, 0.15) is 0 Å². The largest absolute Gasteiger partial charge is 0.369 e. The highest BCUT2D eigenvalue weighted by Gasteiger charge is 2.07. The Morgan fingerprint density at radius 2 is 2.08 bits per heavy atom. The van der Waals surface area contributed by atoms with Gasteiger partial charge in [0, 0.05) is 13.2 Å². The van der Waals surface area contributed by atoms with Gasteiger partial charge in [0.25, 0.3) is 0 Å². The lowest BCUT2D eigenvalue weighted by Crippen LogP contribution is -2.33. The number of likely N-dealkylation sites (N-methyl/N-ethyl adjacent to an activating group) is 1. The lowest BCUT2D eigenvalue weighted by Gasteiger charge is -2.24. The zero-order valence-electron chi connectivity index (χ0n) is 8.92. The van der Waals surface area contributed by atoms with Crippen molar-refractivity contribution < 1.29 is 4.74 Å². The number of allylic oxidation sites excluding steroid dienone is 1. The van der Waals surface area contributed by atoms with Crippen LogP contribution in [0.4, 0.5) is 0 Å². The van der Waals surface area contributed by atoms with Crippen LogP contribution in [0.3, 0.4) is 0 Å². The van der Waals surface area contributed by atoms with Gasteiger partial charge in [-0.25, -0.2) is 0 Å². The molecule has 0 spiro atoms. The molecule has 0 rings (SSSR count). The van der Waals surface area contributed by atoms with Gasteiger partial charge < -0.3 is 4.74 Å². The molecule has 0 saturated heterocycles. The van der Waals surface area contributed by atoms with Gasteiger partial charge in [-0.15, -0.1) is 0 Å². The highest BCUT2D eigenvalue weighted by atomic mass is 16.5. The van der Waals surface area contributed by atoms with Gasteiger partial charge in [0.15, 0.2) is 0 Å². The SMILES string of the molecule is CCN(COC)C(C)C=C(C)C. The molecule has 0 amide bonds. The normalized spacial score (nSPS) is 13.2. The highest BCUT2D eigenvalue weighted by molar-refractivity contribution is 4.99. The van der Waals surface area contributed by atoms with E-state index in [1.165, 1.54) is 5.57 Å². The summed E-state index contributed by atoms with van der Waals surface area (Å²) in [6, 6.07) is 0.472. The maximum atomic E-state index is 5.09. The van der Waals surface area contributed by atoms with Gasteiger partial charge in [-0.1, -0.05) is 18.6 Å². The van der Waals surface area contributed by atoms with Crippen LogP contribution >= 0.6 is 0 Å². The molecular formula is C10H21NO. The maximum Gasteiger partial charge on any atom is 0.0991 e. The second-order valence-corrected chi connectivity index (χ2v) is 3.31. The molecule has 1 unspecified atom stereocenters. The van der Waals surface area contributed by atoms with Crippen LogP contribution in [0.5, 0.6) is 0 Å². The summed E-state index contributed by atoms with van der Waals surface area (Å²) in [6.07, 6.45) is 2.25. The van der Waals surface area contributed by atoms with Crippen molar-refractivity contribution in [3.05, 3.63) is 11.6 Å². The Morgan fingerprint density at radius 1 is 1.50 bits per heavy atom. The van der Waals surface area contributed by atoms with Crippen LogP contribution in [0.2, 0.25) is 0 Å². The molecule has 0 fully saturated rings. The van der Waals surface area contributed by atoms with Crippen molar-refractivity contribution in [2.24, 2.45) is 0 Å². The van der Waals surface area contributed by atoms with Crippen molar-refractivity contribution in [3.63, 3.8) is 0 Å². The summed E-state index contributed by atoms with van der Waals surface area (Å²) in [7, 11) is 1.73. The Balaban J connectivity index is 4.02. The molecule has 0 heterocycles. The molecule has 0 radical (unpaired) electrons. The molecule has 0 aromatic heterocycles. The van der Waals surface area contributed by atoms with Crippen molar-refractivity contribution in [1.82, 2.24) is 4.90 Å². The standard InChI is InChI=1S/C10H21NO/c1-6-11(8-12-5)10(4)7-9(2)3/h7,10H,6,8H2,1-5H3. The third-order valence-electron chi connectivity index (χ3n) is 1.85. The van der Waals surface area contributed by atoms with E-state index in [2.05, 4.69) is 38.7 Å². The second kappa shape index (κ2) is 6.21. The Labute approximate surface area is 76.2 Å². The zero-order valence-corrected chi connectivity index (χ0v) is 8.92. The van der Waals surface area contributed by atoms with Gasteiger partial charge in [-0.3, -0.25) is 4.90 Å². The van der Waals surface area contributed by atoms with Crippen molar-refractivity contribution in [1.29, 1.82) is 0 Å². The van der Waals surface area contributed by atoms with Crippen molar-refractivity contribution in [2.75, 3.05) is 20.4 Å². The molecule has 1 atom stereocenters. The molecule has 2 nitrogen and oxygen atoms in total. The van der Waals surface area contributed by atoms with E-state index in [1.807, 2.05) is 0 Å². The third kappa shape index (κ3) is 4.52. The Morgan fingerprint density at radius 3 is 2.42 bits per heavy atom. The summed E-state index contributed by atoms with van der Waals surface area (Å²) < 4.78 is 5.09. The molecule has 72 valence electrons. The van der Waals surface area contributed by atoms with Gasteiger partial charge in [0.05, 0.1) is 6.73 Å². The summed E-state index contributed by atoms with van der Waals surface area (Å²) in [4.78, 5) is 2.27. The predicted molar refractivity (Wildman–Crippen MR) is 53.1 cm³/mol. The third-order valence-corrected chi connectivity index (χ3v) is 1.85. The van der Waals surface area contributed by atoms with Gasteiger partial charge in [-0.2, -0.15) is 0 Å². The fourth-order valence-electron chi connectivity index (χ4n) is 1.25. The fraction of sp³-hybridized carbons (Fsp3) is 0.800. The first-order valence-electron chi connectivity index (χ1n) is 4.49. The molecule has 2 heteroatoms. The zero-order chi connectivity index (χ0) is 9.56. The molecule has 0 saturated carbocycles. The van der Waals surface area contributed by atoms with Crippen LogP contribution in [0, 0.1) is 0 Å². The van der Waals surface area contributed by atoms with Crippen molar-refractivity contribution in [3.8, 4) is 0 Å². The minimum absolute atomic E-state index is 0.472. The Hall–Kier alpha value is -0.340. The molecule has 0 bridgehead atoms. The van der Waals surface area contributed by atoms with E-state index < -0.39 is 0 Å². The van der Waals surface area contributed by atoms with Crippen molar-refractivity contribution in [2.45, 2.75) is 33.7 Å². The first kappa shape index (κ1) is 11.7. The smallest absolute Gasteiger partial charge is 0.0991 e. The van der Waals surface area contributed by atoms with Crippen LogP contribution in [0.1, 0.15) is 27.7 Å². The number of methoxy groups -OCH3 is 1. The number of rotatable bonds is 5. The minimum Gasteiger partial charge on any atom is -0.369 e. The molecule has 0 N–H and O–H groups in total. The molecule has 0 aliphatic heterocycles. The fourth-order valence-corrected chi connectivity index (χ4v) is 1.25. The average molecular weight is 171 g/mol. The molecule has 0 aliphatic carbocycles. The van der Waals surface area contributed by atoms with Gasteiger partial charge in [0.2, 0.25) is 0 Å². The van der Waals surface area contributed by atoms with Crippen LogP contribution in [-0.4, -0.2) is 31.3 Å². The Bertz CT molecular complexity index is 139. The first-order chi connectivity index (χ1) is 5.61. The summed E-state index contributed by atoms with van der Waals surface area (Å²) in [5.74, 6) is 0. The van der Waals surface area contributed by atoms with E-state index in [0.29, 0.717) is 12.8 Å². The van der Waals surface area contributed by atoms with Crippen molar-refractivity contribution >= 4 is 0 Å². The summed E-state index contributed by atoms with van der Waals surface area (Å²) in [5, 5.41) is 0. The first-order valence-corrected chi connectivity index (χ1v) is 4.49. The molecule has 0 aromatic rings. The predicted octanol–water partition coefficient (Wildman–Crippen LogP) is 2.27. The van der Waals surface area contributed by atoms with Crippen LogP contribution in [-0.2, 0) is 4.74 Å². The lowest BCUT2D eigenvalue weighted by molar-refractivity contribution is 0.0537. The number of hydrogen-bond acceptors (Lipinski definition) is 2. The van der Waals surface area contributed by atoms with Gasteiger partial charge >= 0.3 is 0 Å². The summed E-state index contributed by atoms with van der Waals surface area (Å²) >= 11 is 0. The van der Waals surface area contributed by atoms with E-state index >= 15 is 0 Å². The lowest BCUT2D eigenvalue weighted by atomic mass is 10.2. The van der Waals surface area contributed by atoms with Crippen LogP contribution < -0.4 is 0 Å². The maximum absolute atomic E-state index is 5.09. The minimum atomic E-state index is 0.472. The van der Waals surface area contributed by atoms with E-state index in [-0.39, 0.29) is 0 Å². The molecule has 0 aliphatic rings. The Kier molecular flexibility index (Phi) is 6.03. The molecule has 0 aromatic carbocycles. The number of ether oxygens (including phenoxy) is 1. The van der Waals surface area contributed by atoms with Crippen LogP contribution in [0.15, 0.2) is 11.6 Å². The molecule has 12 heavy (non-hydrogen) atoms. The quantitative estimate of drug-likeness (QED) is 0.465. The van der Waals surface area contributed by atoms with Gasteiger partial charge in [-0.05, 0) is 27.3 Å². The van der Waals surface area contributed by atoms with E-state index in [1.54, 1.807) is 7.11 Å². The van der Waals surface area contributed by atoms with E-state index in [0.717, 1.165) is 6.54 Å². The average Bonchev–Trinajstić information content (AvgIpc) is 1.98. The van der Waals surface area contributed by atoms with Crippen LogP contribution in [0.25, 0.3) is 0 Å². The number of hydrogen-bond donors (Lipinski definition) is 0. The molecular weight excluding hydrogens is 150 g/mol. The number of nitrogens with zero attached hydrogens (tertiary/aromatic N) is 1.